The predicted octanol–water partition coefficient (Wildman–Crippen LogP) is 4.15. The van der Waals surface area contributed by atoms with Crippen LogP contribution in [0.5, 0.6) is 5.75 Å². The highest BCUT2D eigenvalue weighted by Gasteiger charge is 2.08. The maximum absolute atomic E-state index is 13.3. The van der Waals surface area contributed by atoms with Gasteiger partial charge < -0.3 is 10.1 Å². The Morgan fingerprint density at radius 3 is 2.37 bits per heavy atom. The van der Waals surface area contributed by atoms with Crippen LogP contribution in [-0.4, -0.2) is 7.11 Å². The molecule has 0 heterocycles. The Bertz CT molecular complexity index is 555. The largest absolute Gasteiger partial charge is 0.494 e. The van der Waals surface area contributed by atoms with E-state index in [-0.39, 0.29) is 17.6 Å². The van der Waals surface area contributed by atoms with E-state index in [1.54, 1.807) is 24.3 Å². The zero-order valence-electron chi connectivity index (χ0n) is 10.8. The number of ether oxygens (including phenoxy) is 1. The zero-order chi connectivity index (χ0) is 13.8. The Morgan fingerprint density at radius 2 is 1.74 bits per heavy atom. The number of anilines is 1. The molecule has 1 atom stereocenters. The maximum atomic E-state index is 13.3. The Morgan fingerprint density at radius 1 is 1.05 bits per heavy atom. The molecule has 2 aromatic rings. The van der Waals surface area contributed by atoms with Crippen molar-refractivity contribution in [1.29, 1.82) is 0 Å². The van der Waals surface area contributed by atoms with E-state index < -0.39 is 5.82 Å². The van der Waals surface area contributed by atoms with Crippen LogP contribution in [0.4, 0.5) is 14.5 Å². The molecule has 0 aliphatic heterocycles. The highest BCUT2D eigenvalue weighted by atomic mass is 19.1. The molecule has 0 aliphatic rings. The van der Waals surface area contributed by atoms with Gasteiger partial charge in [0.15, 0.2) is 11.6 Å². The lowest BCUT2D eigenvalue weighted by Crippen LogP contribution is -2.06. The number of hydrogen-bond donors (Lipinski definition) is 1. The SMILES string of the molecule is COc1cc(NC(C)c2ccc(F)cc2)ccc1F. The monoisotopic (exact) mass is 263 g/mol. The first-order valence-electron chi connectivity index (χ1n) is 5.95. The molecule has 0 saturated heterocycles. The fourth-order valence-electron chi connectivity index (χ4n) is 1.83. The molecular formula is C15H15F2NO. The lowest BCUT2D eigenvalue weighted by atomic mass is 10.1. The van der Waals surface area contributed by atoms with E-state index in [4.69, 9.17) is 4.74 Å². The first kappa shape index (κ1) is 13.3. The van der Waals surface area contributed by atoms with Crippen LogP contribution < -0.4 is 10.1 Å². The van der Waals surface area contributed by atoms with Crippen LogP contribution in [-0.2, 0) is 0 Å². The standard InChI is InChI=1S/C15H15F2NO/c1-10(11-3-5-12(16)6-4-11)18-13-7-8-14(17)15(9-13)19-2/h3-10,18H,1-2H3. The topological polar surface area (TPSA) is 21.3 Å². The molecule has 0 aromatic heterocycles. The van der Waals surface area contributed by atoms with Crippen molar-refractivity contribution in [2.24, 2.45) is 0 Å². The number of methoxy groups -OCH3 is 1. The van der Waals surface area contributed by atoms with Crippen LogP contribution in [0, 0.1) is 11.6 Å². The summed E-state index contributed by atoms with van der Waals surface area (Å²) < 4.78 is 31.0. The molecule has 1 unspecified atom stereocenters. The first-order valence-corrected chi connectivity index (χ1v) is 5.95. The number of hydrogen-bond acceptors (Lipinski definition) is 2. The van der Waals surface area contributed by atoms with Crippen LogP contribution in [0.3, 0.4) is 0 Å². The molecule has 0 radical (unpaired) electrons. The molecule has 2 rings (SSSR count). The zero-order valence-corrected chi connectivity index (χ0v) is 10.8. The third-order valence-electron chi connectivity index (χ3n) is 2.90. The quantitative estimate of drug-likeness (QED) is 0.894. The molecule has 1 N–H and O–H groups in total. The molecule has 19 heavy (non-hydrogen) atoms. The van der Waals surface area contributed by atoms with Crippen molar-refractivity contribution < 1.29 is 13.5 Å². The van der Waals surface area contributed by atoms with Crippen molar-refractivity contribution in [2.45, 2.75) is 13.0 Å². The summed E-state index contributed by atoms with van der Waals surface area (Å²) in [5, 5.41) is 3.21. The molecule has 4 heteroatoms. The van der Waals surface area contributed by atoms with Crippen molar-refractivity contribution in [1.82, 2.24) is 0 Å². The van der Waals surface area contributed by atoms with Gasteiger partial charge in [0.25, 0.3) is 0 Å². The van der Waals surface area contributed by atoms with E-state index in [9.17, 15) is 8.78 Å². The predicted molar refractivity (Wildman–Crippen MR) is 71.4 cm³/mol. The minimum absolute atomic E-state index is 0.0178. The smallest absolute Gasteiger partial charge is 0.165 e. The second-order valence-electron chi connectivity index (χ2n) is 4.27. The van der Waals surface area contributed by atoms with Crippen LogP contribution in [0.1, 0.15) is 18.5 Å². The van der Waals surface area contributed by atoms with Gasteiger partial charge in [-0.15, -0.1) is 0 Å². The van der Waals surface area contributed by atoms with E-state index in [0.29, 0.717) is 0 Å². The average Bonchev–Trinajstić information content (AvgIpc) is 2.41. The van der Waals surface area contributed by atoms with Gasteiger partial charge in [0.05, 0.1) is 7.11 Å². The van der Waals surface area contributed by atoms with Crippen molar-refractivity contribution >= 4 is 5.69 Å². The Kier molecular flexibility index (Phi) is 4.00. The molecule has 100 valence electrons. The fraction of sp³-hybridized carbons (Fsp3) is 0.200. The van der Waals surface area contributed by atoms with E-state index in [1.165, 1.54) is 25.3 Å². The Hall–Kier alpha value is -2.10. The fourth-order valence-corrected chi connectivity index (χ4v) is 1.83. The lowest BCUT2D eigenvalue weighted by Gasteiger charge is -2.16. The summed E-state index contributed by atoms with van der Waals surface area (Å²) >= 11 is 0. The molecule has 0 bridgehead atoms. The van der Waals surface area contributed by atoms with Gasteiger partial charge in [0, 0.05) is 17.8 Å². The molecule has 0 saturated carbocycles. The van der Waals surface area contributed by atoms with E-state index in [0.717, 1.165) is 11.3 Å². The maximum Gasteiger partial charge on any atom is 0.165 e. The van der Waals surface area contributed by atoms with Crippen molar-refractivity contribution in [2.75, 3.05) is 12.4 Å². The number of nitrogens with one attached hydrogen (secondary N) is 1. The summed E-state index contributed by atoms with van der Waals surface area (Å²) in [5.74, 6) is -0.474. The molecular weight excluding hydrogens is 248 g/mol. The number of benzene rings is 2. The van der Waals surface area contributed by atoms with Gasteiger partial charge >= 0.3 is 0 Å². The molecule has 2 aromatic carbocycles. The third-order valence-corrected chi connectivity index (χ3v) is 2.90. The highest BCUT2D eigenvalue weighted by Crippen LogP contribution is 2.25. The van der Waals surface area contributed by atoms with Gasteiger partial charge in [-0.3, -0.25) is 0 Å². The minimum atomic E-state index is -0.400. The van der Waals surface area contributed by atoms with Gasteiger partial charge in [0.2, 0.25) is 0 Å². The Labute approximate surface area is 111 Å². The van der Waals surface area contributed by atoms with Crippen molar-refractivity contribution in [3.05, 3.63) is 59.7 Å². The average molecular weight is 263 g/mol. The summed E-state index contributed by atoms with van der Waals surface area (Å²) in [4.78, 5) is 0. The minimum Gasteiger partial charge on any atom is -0.494 e. The van der Waals surface area contributed by atoms with Crippen molar-refractivity contribution in [3.63, 3.8) is 0 Å². The van der Waals surface area contributed by atoms with Gasteiger partial charge in [-0.2, -0.15) is 0 Å². The van der Waals surface area contributed by atoms with Gasteiger partial charge in [-0.25, -0.2) is 8.78 Å². The van der Waals surface area contributed by atoms with E-state index >= 15 is 0 Å². The second kappa shape index (κ2) is 5.69. The van der Waals surface area contributed by atoms with E-state index in [1.807, 2.05) is 6.92 Å². The van der Waals surface area contributed by atoms with Gasteiger partial charge in [-0.05, 0) is 36.8 Å². The molecule has 0 amide bonds. The third kappa shape index (κ3) is 3.22. The molecule has 0 spiro atoms. The van der Waals surface area contributed by atoms with Crippen LogP contribution >= 0.6 is 0 Å². The lowest BCUT2D eigenvalue weighted by molar-refractivity contribution is 0.387. The normalized spacial score (nSPS) is 12.0. The molecule has 2 nitrogen and oxygen atoms in total. The summed E-state index contributed by atoms with van der Waals surface area (Å²) in [6, 6.07) is 10.8. The van der Waals surface area contributed by atoms with Crippen LogP contribution in [0.25, 0.3) is 0 Å². The van der Waals surface area contributed by atoms with Crippen LogP contribution in [0.15, 0.2) is 42.5 Å². The van der Waals surface area contributed by atoms with Gasteiger partial charge in [0.1, 0.15) is 5.82 Å². The van der Waals surface area contributed by atoms with E-state index in [2.05, 4.69) is 5.32 Å². The summed E-state index contributed by atoms with van der Waals surface area (Å²) in [6.07, 6.45) is 0. The summed E-state index contributed by atoms with van der Waals surface area (Å²) in [5.41, 5.74) is 1.69. The summed E-state index contributed by atoms with van der Waals surface area (Å²) in [7, 11) is 1.42. The second-order valence-corrected chi connectivity index (χ2v) is 4.27. The summed E-state index contributed by atoms with van der Waals surface area (Å²) in [6.45, 7) is 1.95. The number of halogens is 2. The van der Waals surface area contributed by atoms with Crippen molar-refractivity contribution in [3.8, 4) is 5.75 Å². The van der Waals surface area contributed by atoms with Gasteiger partial charge in [-0.1, -0.05) is 12.1 Å². The van der Waals surface area contributed by atoms with Crippen LogP contribution in [0.2, 0.25) is 0 Å². The Balaban J connectivity index is 2.14. The molecule has 0 aliphatic carbocycles. The highest BCUT2D eigenvalue weighted by molar-refractivity contribution is 5.50. The first-order chi connectivity index (χ1) is 9.10. The molecule has 0 fully saturated rings. The number of rotatable bonds is 4.